The summed E-state index contributed by atoms with van der Waals surface area (Å²) in [7, 11) is 0. The highest BCUT2D eigenvalue weighted by Gasteiger charge is 2.29. The van der Waals surface area contributed by atoms with Gasteiger partial charge in [0, 0.05) is 34.0 Å². The molecule has 130 valence electrons. The third-order valence-electron chi connectivity index (χ3n) is 3.86. The molecule has 1 aliphatic rings. The number of esters is 1. The fourth-order valence-electron chi connectivity index (χ4n) is 2.70. The summed E-state index contributed by atoms with van der Waals surface area (Å²) < 4.78 is 4.75. The Morgan fingerprint density at radius 3 is 2.23 bits per heavy atom. The number of fused-ring (bicyclic) bond motifs is 2. The summed E-state index contributed by atoms with van der Waals surface area (Å²) in [6.07, 6.45) is 2.71. The van der Waals surface area contributed by atoms with Gasteiger partial charge in [-0.05, 0) is 25.1 Å². The highest BCUT2D eigenvalue weighted by Crippen LogP contribution is 2.29. The van der Waals surface area contributed by atoms with Crippen LogP contribution in [0.1, 0.15) is 38.8 Å². The van der Waals surface area contributed by atoms with Crippen molar-refractivity contribution in [2.45, 2.75) is 6.92 Å². The van der Waals surface area contributed by atoms with Crippen LogP contribution in [0.4, 0.5) is 5.69 Å². The van der Waals surface area contributed by atoms with E-state index in [1.54, 1.807) is 31.2 Å². The largest absolute Gasteiger partial charge is 0.452 e. The molecule has 0 bridgehead atoms. The third-order valence-corrected chi connectivity index (χ3v) is 3.86. The van der Waals surface area contributed by atoms with Crippen molar-refractivity contribution in [1.82, 2.24) is 0 Å². The molecule has 0 heterocycles. The molecule has 1 aliphatic carbocycles. The minimum atomic E-state index is -0.620. The van der Waals surface area contributed by atoms with E-state index in [0.717, 1.165) is 0 Å². The van der Waals surface area contributed by atoms with E-state index in [0.29, 0.717) is 22.4 Å². The van der Waals surface area contributed by atoms with Gasteiger partial charge in [-0.25, -0.2) is 4.79 Å². The van der Waals surface area contributed by atoms with Gasteiger partial charge in [0.05, 0.1) is 0 Å². The molecule has 0 saturated heterocycles. The predicted octanol–water partition coefficient (Wildman–Crippen LogP) is 2.52. The fraction of sp³-hybridized carbons (Fsp3) is 0.100. The normalized spacial score (nSPS) is 12.5. The number of carbonyl (C=O) groups is 4. The van der Waals surface area contributed by atoms with E-state index in [1.807, 2.05) is 0 Å². The Morgan fingerprint density at radius 2 is 1.58 bits per heavy atom. The molecular formula is C20H15NO5. The number of hydrogen-bond donors (Lipinski definition) is 1. The van der Waals surface area contributed by atoms with Crippen LogP contribution in [0.25, 0.3) is 0 Å². The molecule has 3 rings (SSSR count). The Morgan fingerprint density at radius 1 is 0.962 bits per heavy atom. The van der Waals surface area contributed by atoms with Gasteiger partial charge >= 0.3 is 5.97 Å². The third kappa shape index (κ3) is 3.30. The standard InChI is InChI=1S/C20H15NO5/c1-2-5-18(23)26-11-17(22)21-12-8-9-15-16(10-12)20(25)14-7-4-3-6-13(14)19(15)24/h2-10H,11H2,1H3,(H,21,22). The number of ketones is 2. The van der Waals surface area contributed by atoms with Gasteiger partial charge in [-0.15, -0.1) is 0 Å². The van der Waals surface area contributed by atoms with Gasteiger partial charge in [-0.1, -0.05) is 30.3 Å². The van der Waals surface area contributed by atoms with Gasteiger partial charge in [0.15, 0.2) is 18.2 Å². The fourth-order valence-corrected chi connectivity index (χ4v) is 2.70. The second kappa shape index (κ2) is 7.14. The summed E-state index contributed by atoms with van der Waals surface area (Å²) in [5, 5.41) is 2.55. The zero-order chi connectivity index (χ0) is 18.7. The molecule has 0 atom stereocenters. The molecule has 6 heteroatoms. The number of nitrogens with one attached hydrogen (secondary N) is 1. The van der Waals surface area contributed by atoms with E-state index in [4.69, 9.17) is 4.74 Å². The Kier molecular flexibility index (Phi) is 4.75. The minimum absolute atomic E-state index is 0.228. The van der Waals surface area contributed by atoms with Gasteiger partial charge in [-0.3, -0.25) is 14.4 Å². The smallest absolute Gasteiger partial charge is 0.330 e. The summed E-state index contributed by atoms with van der Waals surface area (Å²) in [4.78, 5) is 48.2. The van der Waals surface area contributed by atoms with Gasteiger partial charge in [0.25, 0.3) is 5.91 Å². The SMILES string of the molecule is CC=CC(=O)OCC(=O)Nc1ccc2c(c1)C(=O)c1ccccc1C2=O. The summed E-state index contributed by atoms with van der Waals surface area (Å²) in [6, 6.07) is 11.1. The van der Waals surface area contributed by atoms with Gasteiger partial charge in [0.2, 0.25) is 0 Å². The molecule has 0 fully saturated rings. The zero-order valence-corrected chi connectivity index (χ0v) is 13.9. The average molecular weight is 349 g/mol. The molecule has 6 nitrogen and oxygen atoms in total. The molecule has 0 saturated carbocycles. The number of benzene rings is 2. The first-order chi connectivity index (χ1) is 12.5. The van der Waals surface area contributed by atoms with E-state index in [2.05, 4.69) is 5.32 Å². The molecule has 0 aliphatic heterocycles. The lowest BCUT2D eigenvalue weighted by Crippen LogP contribution is -2.23. The molecule has 2 aromatic carbocycles. The van der Waals surface area contributed by atoms with Crippen molar-refractivity contribution in [3.63, 3.8) is 0 Å². The summed E-state index contributed by atoms with van der Waals surface area (Å²) in [6.45, 7) is 1.21. The van der Waals surface area contributed by atoms with E-state index in [-0.39, 0.29) is 17.1 Å². The van der Waals surface area contributed by atoms with E-state index < -0.39 is 18.5 Å². The van der Waals surface area contributed by atoms with Crippen molar-refractivity contribution >= 4 is 29.1 Å². The lowest BCUT2D eigenvalue weighted by molar-refractivity contribution is -0.142. The van der Waals surface area contributed by atoms with Crippen LogP contribution in [0.3, 0.4) is 0 Å². The van der Waals surface area contributed by atoms with E-state index in [9.17, 15) is 19.2 Å². The highest BCUT2D eigenvalue weighted by molar-refractivity contribution is 6.28. The van der Waals surface area contributed by atoms with Crippen LogP contribution in [0, 0.1) is 0 Å². The van der Waals surface area contributed by atoms with Crippen LogP contribution in [-0.4, -0.2) is 30.0 Å². The summed E-state index contributed by atoms with van der Waals surface area (Å²) in [5.41, 5.74) is 1.59. The maximum absolute atomic E-state index is 12.6. The Balaban J connectivity index is 1.79. The van der Waals surface area contributed by atoms with Crippen LogP contribution in [0.5, 0.6) is 0 Å². The van der Waals surface area contributed by atoms with Crippen molar-refractivity contribution in [3.05, 3.63) is 76.9 Å². The van der Waals surface area contributed by atoms with Crippen molar-refractivity contribution in [2.24, 2.45) is 0 Å². The van der Waals surface area contributed by atoms with Crippen molar-refractivity contribution in [3.8, 4) is 0 Å². The molecule has 26 heavy (non-hydrogen) atoms. The summed E-state index contributed by atoms with van der Waals surface area (Å²) >= 11 is 0. The number of anilines is 1. The number of ether oxygens (including phenoxy) is 1. The molecule has 0 unspecified atom stereocenters. The van der Waals surface area contributed by atoms with Crippen LogP contribution in [0.2, 0.25) is 0 Å². The maximum Gasteiger partial charge on any atom is 0.330 e. The van der Waals surface area contributed by atoms with Gasteiger partial charge in [-0.2, -0.15) is 0 Å². The first kappa shape index (κ1) is 17.3. The van der Waals surface area contributed by atoms with Crippen molar-refractivity contribution in [1.29, 1.82) is 0 Å². The molecule has 0 aromatic heterocycles. The zero-order valence-electron chi connectivity index (χ0n) is 13.9. The van der Waals surface area contributed by atoms with Crippen molar-refractivity contribution in [2.75, 3.05) is 11.9 Å². The van der Waals surface area contributed by atoms with Gasteiger partial charge in [0.1, 0.15) is 0 Å². The molecule has 0 spiro atoms. The van der Waals surface area contributed by atoms with Gasteiger partial charge < -0.3 is 10.1 Å². The van der Waals surface area contributed by atoms with Crippen LogP contribution < -0.4 is 5.32 Å². The Labute approximate surface area is 149 Å². The minimum Gasteiger partial charge on any atom is -0.452 e. The number of hydrogen-bond acceptors (Lipinski definition) is 5. The first-order valence-corrected chi connectivity index (χ1v) is 7.93. The number of rotatable bonds is 4. The number of amides is 1. The topological polar surface area (TPSA) is 89.5 Å². The maximum atomic E-state index is 12.6. The van der Waals surface area contributed by atoms with Crippen LogP contribution in [-0.2, 0) is 14.3 Å². The average Bonchev–Trinajstić information content (AvgIpc) is 2.65. The van der Waals surface area contributed by atoms with Crippen molar-refractivity contribution < 1.29 is 23.9 Å². The molecular weight excluding hydrogens is 334 g/mol. The molecule has 1 N–H and O–H groups in total. The van der Waals surface area contributed by atoms with Crippen LogP contribution in [0.15, 0.2) is 54.6 Å². The molecule has 0 radical (unpaired) electrons. The quantitative estimate of drug-likeness (QED) is 0.577. The highest BCUT2D eigenvalue weighted by atomic mass is 16.5. The number of carbonyl (C=O) groups excluding carboxylic acids is 4. The second-order valence-corrected chi connectivity index (χ2v) is 5.62. The first-order valence-electron chi connectivity index (χ1n) is 7.93. The van der Waals surface area contributed by atoms with Crippen LogP contribution >= 0.6 is 0 Å². The summed E-state index contributed by atoms with van der Waals surface area (Å²) in [5.74, 6) is -1.66. The number of allylic oxidation sites excluding steroid dienone is 1. The molecule has 2 aromatic rings. The molecule has 1 amide bonds. The van der Waals surface area contributed by atoms with E-state index in [1.165, 1.54) is 30.4 Å². The lowest BCUT2D eigenvalue weighted by Gasteiger charge is -2.18. The lowest BCUT2D eigenvalue weighted by atomic mass is 9.84. The monoisotopic (exact) mass is 349 g/mol. The Bertz CT molecular complexity index is 958. The second-order valence-electron chi connectivity index (χ2n) is 5.62. The van der Waals surface area contributed by atoms with E-state index >= 15 is 0 Å². The predicted molar refractivity (Wildman–Crippen MR) is 94.2 cm³/mol. The Hall–Kier alpha value is -3.54.